The van der Waals surface area contributed by atoms with Crippen molar-refractivity contribution < 1.29 is 18.3 Å². The third-order valence-corrected chi connectivity index (χ3v) is 3.93. The summed E-state index contributed by atoms with van der Waals surface area (Å²) in [6.07, 6.45) is 0. The first kappa shape index (κ1) is 14.7. The molecule has 0 saturated carbocycles. The van der Waals surface area contributed by atoms with Crippen molar-refractivity contribution in [1.29, 1.82) is 0 Å². The van der Waals surface area contributed by atoms with Gasteiger partial charge in [-0.3, -0.25) is 4.79 Å². The average molecular weight is 271 g/mol. The molecule has 0 saturated heterocycles. The van der Waals surface area contributed by atoms with Crippen LogP contribution in [-0.2, 0) is 14.8 Å². The van der Waals surface area contributed by atoms with E-state index in [0.29, 0.717) is 5.56 Å². The topological polar surface area (TPSA) is 83.5 Å². The molecule has 6 heteroatoms. The van der Waals surface area contributed by atoms with Gasteiger partial charge >= 0.3 is 5.97 Å². The standard InChI is InChI=1S/C12H17NO4S/c1-9(2)8-18(16,17)13-11(12(14)15)10-6-4-3-5-7-10/h3-7,9,11,13H,8H2,1-2H3,(H,14,15)/t11-/m1/s1. The van der Waals surface area contributed by atoms with E-state index in [9.17, 15) is 13.2 Å². The van der Waals surface area contributed by atoms with Crippen molar-refractivity contribution in [3.8, 4) is 0 Å². The summed E-state index contributed by atoms with van der Waals surface area (Å²) < 4.78 is 25.7. The fraction of sp³-hybridized carbons (Fsp3) is 0.417. The molecule has 1 aromatic carbocycles. The molecule has 0 aromatic heterocycles. The number of hydrogen-bond donors (Lipinski definition) is 2. The summed E-state index contributed by atoms with van der Waals surface area (Å²) in [5, 5.41) is 9.10. The zero-order valence-corrected chi connectivity index (χ0v) is 11.1. The lowest BCUT2D eigenvalue weighted by atomic mass is 10.1. The van der Waals surface area contributed by atoms with Crippen LogP contribution >= 0.6 is 0 Å². The molecular weight excluding hydrogens is 254 g/mol. The SMILES string of the molecule is CC(C)CS(=O)(=O)N[C@@H](C(=O)O)c1ccccc1. The van der Waals surface area contributed by atoms with Gasteiger partial charge in [0.1, 0.15) is 6.04 Å². The van der Waals surface area contributed by atoms with Gasteiger partial charge in [-0.15, -0.1) is 0 Å². The van der Waals surface area contributed by atoms with E-state index in [1.165, 1.54) is 0 Å². The first-order valence-electron chi connectivity index (χ1n) is 5.59. The number of rotatable bonds is 6. The second-order valence-electron chi connectivity index (χ2n) is 4.48. The molecule has 0 amide bonds. The Morgan fingerprint density at radius 1 is 1.28 bits per heavy atom. The molecule has 0 spiro atoms. The molecule has 0 fully saturated rings. The number of carboxylic acid groups (broad SMARTS) is 1. The minimum Gasteiger partial charge on any atom is -0.480 e. The van der Waals surface area contributed by atoms with E-state index in [4.69, 9.17) is 5.11 Å². The van der Waals surface area contributed by atoms with Gasteiger partial charge in [-0.05, 0) is 11.5 Å². The Morgan fingerprint density at radius 2 is 1.83 bits per heavy atom. The number of benzene rings is 1. The average Bonchev–Trinajstić information content (AvgIpc) is 2.25. The molecule has 18 heavy (non-hydrogen) atoms. The van der Waals surface area contributed by atoms with Crippen LogP contribution < -0.4 is 4.72 Å². The highest BCUT2D eigenvalue weighted by Crippen LogP contribution is 2.14. The molecule has 5 nitrogen and oxygen atoms in total. The quantitative estimate of drug-likeness (QED) is 0.819. The van der Waals surface area contributed by atoms with Gasteiger partial charge in [0.2, 0.25) is 10.0 Å². The molecule has 2 N–H and O–H groups in total. The fourth-order valence-corrected chi connectivity index (χ4v) is 3.14. The maximum atomic E-state index is 11.8. The number of aliphatic carboxylic acids is 1. The van der Waals surface area contributed by atoms with Gasteiger partial charge in [0.25, 0.3) is 0 Å². The molecule has 1 rings (SSSR count). The number of nitrogens with one attached hydrogen (secondary N) is 1. The summed E-state index contributed by atoms with van der Waals surface area (Å²) in [6.45, 7) is 3.52. The van der Waals surface area contributed by atoms with Crippen LogP contribution in [0.3, 0.4) is 0 Å². The third kappa shape index (κ3) is 4.46. The molecule has 0 aliphatic rings. The van der Waals surface area contributed by atoms with Crippen molar-refractivity contribution in [2.45, 2.75) is 19.9 Å². The maximum Gasteiger partial charge on any atom is 0.326 e. The van der Waals surface area contributed by atoms with Crippen molar-refractivity contribution in [3.63, 3.8) is 0 Å². The van der Waals surface area contributed by atoms with Crippen LogP contribution in [0.25, 0.3) is 0 Å². The summed E-state index contributed by atoms with van der Waals surface area (Å²) in [4.78, 5) is 11.1. The predicted octanol–water partition coefficient (Wildman–Crippen LogP) is 1.39. The maximum absolute atomic E-state index is 11.8. The highest BCUT2D eigenvalue weighted by atomic mass is 32.2. The van der Waals surface area contributed by atoms with E-state index in [0.717, 1.165) is 0 Å². The third-order valence-electron chi connectivity index (χ3n) is 2.23. The van der Waals surface area contributed by atoms with Crippen LogP contribution in [0.5, 0.6) is 0 Å². The van der Waals surface area contributed by atoms with Gasteiger partial charge in [-0.25, -0.2) is 8.42 Å². The fourth-order valence-electron chi connectivity index (χ4n) is 1.57. The zero-order valence-electron chi connectivity index (χ0n) is 10.3. The van der Waals surface area contributed by atoms with Gasteiger partial charge in [0.15, 0.2) is 0 Å². The highest BCUT2D eigenvalue weighted by Gasteiger charge is 2.25. The van der Waals surface area contributed by atoms with Crippen molar-refractivity contribution in [3.05, 3.63) is 35.9 Å². The molecule has 0 aliphatic carbocycles. The van der Waals surface area contributed by atoms with Gasteiger partial charge in [-0.1, -0.05) is 44.2 Å². The second kappa shape index (κ2) is 5.97. The lowest BCUT2D eigenvalue weighted by Crippen LogP contribution is -2.36. The number of hydrogen-bond acceptors (Lipinski definition) is 3. The molecule has 0 unspecified atom stereocenters. The Balaban J connectivity index is 2.93. The van der Waals surface area contributed by atoms with E-state index in [-0.39, 0.29) is 11.7 Å². The van der Waals surface area contributed by atoms with Crippen LogP contribution in [-0.4, -0.2) is 25.2 Å². The number of sulfonamides is 1. The highest BCUT2D eigenvalue weighted by molar-refractivity contribution is 7.89. The summed E-state index contributed by atoms with van der Waals surface area (Å²) in [5.74, 6) is -1.37. The van der Waals surface area contributed by atoms with E-state index in [1.54, 1.807) is 44.2 Å². The minimum atomic E-state index is -3.60. The van der Waals surface area contributed by atoms with Crippen molar-refractivity contribution >= 4 is 16.0 Å². The van der Waals surface area contributed by atoms with Gasteiger partial charge < -0.3 is 5.11 Å². The summed E-state index contributed by atoms with van der Waals surface area (Å²) in [5.41, 5.74) is 0.414. The summed E-state index contributed by atoms with van der Waals surface area (Å²) in [7, 11) is -3.60. The smallest absolute Gasteiger partial charge is 0.326 e. The first-order valence-corrected chi connectivity index (χ1v) is 7.25. The Labute approximate surface area is 107 Å². The number of carbonyl (C=O) groups is 1. The van der Waals surface area contributed by atoms with Gasteiger partial charge in [-0.2, -0.15) is 4.72 Å². The molecule has 100 valence electrons. The van der Waals surface area contributed by atoms with Crippen LogP contribution in [0.15, 0.2) is 30.3 Å². The molecule has 0 heterocycles. The molecular formula is C12H17NO4S. The number of carboxylic acids is 1. The normalized spacial score (nSPS) is 13.5. The minimum absolute atomic E-state index is 0.0623. The molecule has 1 atom stereocenters. The lowest BCUT2D eigenvalue weighted by Gasteiger charge is -2.16. The van der Waals surface area contributed by atoms with Gasteiger partial charge in [0.05, 0.1) is 5.75 Å². The van der Waals surface area contributed by atoms with Crippen LogP contribution in [0.4, 0.5) is 0 Å². The van der Waals surface area contributed by atoms with Crippen LogP contribution in [0.1, 0.15) is 25.5 Å². The van der Waals surface area contributed by atoms with Crippen molar-refractivity contribution in [2.24, 2.45) is 5.92 Å². The Kier molecular flexibility index (Phi) is 4.86. The molecule has 0 aliphatic heterocycles. The lowest BCUT2D eigenvalue weighted by molar-refractivity contribution is -0.139. The van der Waals surface area contributed by atoms with E-state index in [1.807, 2.05) is 0 Å². The zero-order chi connectivity index (χ0) is 13.8. The predicted molar refractivity (Wildman–Crippen MR) is 68.6 cm³/mol. The van der Waals surface area contributed by atoms with E-state index in [2.05, 4.69) is 4.72 Å². The first-order chi connectivity index (χ1) is 8.32. The summed E-state index contributed by atoms with van der Waals surface area (Å²) >= 11 is 0. The summed E-state index contributed by atoms with van der Waals surface area (Å²) in [6, 6.07) is 7.00. The van der Waals surface area contributed by atoms with Crippen LogP contribution in [0.2, 0.25) is 0 Å². The van der Waals surface area contributed by atoms with Crippen molar-refractivity contribution in [2.75, 3.05) is 5.75 Å². The Bertz CT molecular complexity index is 496. The van der Waals surface area contributed by atoms with E-state index >= 15 is 0 Å². The molecule has 1 aromatic rings. The Morgan fingerprint density at radius 3 is 2.28 bits per heavy atom. The monoisotopic (exact) mass is 271 g/mol. The van der Waals surface area contributed by atoms with Gasteiger partial charge in [0, 0.05) is 0 Å². The van der Waals surface area contributed by atoms with Crippen molar-refractivity contribution in [1.82, 2.24) is 4.72 Å². The largest absolute Gasteiger partial charge is 0.480 e. The molecule has 0 bridgehead atoms. The molecule has 0 radical (unpaired) electrons. The van der Waals surface area contributed by atoms with Crippen LogP contribution in [0, 0.1) is 5.92 Å². The second-order valence-corrected chi connectivity index (χ2v) is 6.27. The van der Waals surface area contributed by atoms with E-state index < -0.39 is 22.0 Å². The Hall–Kier alpha value is -1.40.